The molecule has 0 bridgehead atoms. The van der Waals surface area contributed by atoms with Crippen LogP contribution in [0.3, 0.4) is 0 Å². The van der Waals surface area contributed by atoms with E-state index in [1.54, 1.807) is 10.7 Å². The van der Waals surface area contributed by atoms with E-state index in [-0.39, 0.29) is 10.8 Å². The summed E-state index contributed by atoms with van der Waals surface area (Å²) in [5.41, 5.74) is 1.81. The Kier molecular flexibility index (Phi) is 2.63. The van der Waals surface area contributed by atoms with Gasteiger partial charge in [-0.2, -0.15) is 0 Å². The van der Waals surface area contributed by atoms with Gasteiger partial charge in [-0.05, 0) is 31.0 Å². The van der Waals surface area contributed by atoms with Crippen molar-refractivity contribution < 1.29 is 9.18 Å². The second kappa shape index (κ2) is 4.17. The molecule has 0 aliphatic heterocycles. The van der Waals surface area contributed by atoms with Crippen LogP contribution in [-0.2, 0) is 6.42 Å². The summed E-state index contributed by atoms with van der Waals surface area (Å²) >= 11 is 5.74. The molecule has 0 radical (unpaired) electrons. The van der Waals surface area contributed by atoms with Crippen molar-refractivity contribution >= 4 is 17.4 Å². The molecule has 0 spiro atoms. The van der Waals surface area contributed by atoms with Gasteiger partial charge in [-0.3, -0.25) is 4.79 Å². The van der Waals surface area contributed by atoms with Crippen molar-refractivity contribution in [1.82, 2.24) is 15.0 Å². The van der Waals surface area contributed by atoms with E-state index < -0.39 is 5.82 Å². The lowest BCUT2D eigenvalue weighted by Crippen LogP contribution is -2.13. The Morgan fingerprint density at radius 1 is 1.33 bits per heavy atom. The normalized spacial score (nSPS) is 14.7. The lowest BCUT2D eigenvalue weighted by Gasteiger charge is -2.11. The highest BCUT2D eigenvalue weighted by Gasteiger charge is 2.24. The molecule has 0 saturated carbocycles. The molecule has 2 aromatic rings. The smallest absolute Gasteiger partial charge is 0.185 e. The van der Waals surface area contributed by atoms with Gasteiger partial charge < -0.3 is 0 Å². The monoisotopic (exact) mass is 265 g/mol. The Morgan fingerprint density at radius 2 is 2.17 bits per heavy atom. The number of hydrogen-bond acceptors (Lipinski definition) is 3. The lowest BCUT2D eigenvalue weighted by atomic mass is 10.00. The minimum Gasteiger partial charge on any atom is -0.292 e. The number of hydrogen-bond donors (Lipinski definition) is 0. The fourth-order valence-electron chi connectivity index (χ4n) is 2.10. The summed E-state index contributed by atoms with van der Waals surface area (Å²) in [4.78, 5) is 11.6. The van der Waals surface area contributed by atoms with Gasteiger partial charge in [0.1, 0.15) is 5.82 Å². The Labute approximate surface area is 107 Å². The number of fused-ring (bicyclic) bond motifs is 1. The highest BCUT2D eigenvalue weighted by Crippen LogP contribution is 2.24. The van der Waals surface area contributed by atoms with E-state index in [2.05, 4.69) is 10.3 Å². The molecular formula is C12H9ClFN3O. The number of ketones is 1. The average Bonchev–Trinajstić information content (AvgIpc) is 2.78. The predicted octanol–water partition coefficient (Wildman–Crippen LogP) is 2.58. The van der Waals surface area contributed by atoms with Crippen molar-refractivity contribution in [3.63, 3.8) is 0 Å². The Hall–Kier alpha value is -1.75. The van der Waals surface area contributed by atoms with E-state index in [0.717, 1.165) is 18.5 Å². The van der Waals surface area contributed by atoms with Crippen LogP contribution in [0.4, 0.5) is 4.39 Å². The number of carbonyl (C=O) groups is 1. The Bertz CT molecular complexity index is 638. The molecule has 1 heterocycles. The molecule has 18 heavy (non-hydrogen) atoms. The third kappa shape index (κ3) is 1.71. The molecule has 1 aromatic heterocycles. The summed E-state index contributed by atoms with van der Waals surface area (Å²) in [5.74, 6) is -0.471. The maximum Gasteiger partial charge on any atom is 0.185 e. The molecule has 3 rings (SSSR count). The van der Waals surface area contributed by atoms with Gasteiger partial charge in [-0.1, -0.05) is 16.8 Å². The number of Topliss-reactive ketones (excluding diaryl/α,β-unsaturated/α-hetero) is 1. The number of nitrogens with zero attached hydrogens (tertiary/aromatic N) is 3. The van der Waals surface area contributed by atoms with Crippen LogP contribution in [0.25, 0.3) is 5.69 Å². The second-order valence-electron chi connectivity index (χ2n) is 4.17. The van der Waals surface area contributed by atoms with Gasteiger partial charge in [0, 0.05) is 6.42 Å². The van der Waals surface area contributed by atoms with Gasteiger partial charge in [0.15, 0.2) is 11.5 Å². The number of benzene rings is 1. The number of rotatable bonds is 1. The maximum absolute atomic E-state index is 13.1. The van der Waals surface area contributed by atoms with Crippen LogP contribution in [0, 0.1) is 5.82 Å². The molecule has 1 aliphatic rings. The van der Waals surface area contributed by atoms with Crippen molar-refractivity contribution in [2.24, 2.45) is 0 Å². The minimum atomic E-state index is -0.481. The van der Waals surface area contributed by atoms with Crippen molar-refractivity contribution in [3.05, 3.63) is 40.4 Å². The van der Waals surface area contributed by atoms with Crippen LogP contribution in [0.2, 0.25) is 5.02 Å². The van der Waals surface area contributed by atoms with Gasteiger partial charge in [0.2, 0.25) is 0 Å². The van der Waals surface area contributed by atoms with Gasteiger partial charge in [-0.25, -0.2) is 9.07 Å². The second-order valence-corrected chi connectivity index (χ2v) is 4.58. The first-order valence-electron chi connectivity index (χ1n) is 5.60. The molecular weight excluding hydrogens is 257 g/mol. The molecule has 6 heteroatoms. The first-order valence-corrected chi connectivity index (χ1v) is 5.98. The van der Waals surface area contributed by atoms with Gasteiger partial charge >= 0.3 is 0 Å². The fraction of sp³-hybridized carbons (Fsp3) is 0.250. The molecule has 0 atom stereocenters. The first kappa shape index (κ1) is 11.3. The zero-order valence-electron chi connectivity index (χ0n) is 9.36. The molecule has 0 amide bonds. The minimum absolute atomic E-state index is 0.00992. The summed E-state index contributed by atoms with van der Waals surface area (Å²) < 4.78 is 14.7. The van der Waals surface area contributed by atoms with Crippen molar-refractivity contribution in [2.45, 2.75) is 19.3 Å². The quantitative estimate of drug-likeness (QED) is 0.796. The van der Waals surface area contributed by atoms with Crippen LogP contribution < -0.4 is 0 Å². The van der Waals surface area contributed by atoms with E-state index in [9.17, 15) is 9.18 Å². The van der Waals surface area contributed by atoms with Crippen molar-refractivity contribution in [2.75, 3.05) is 0 Å². The molecule has 92 valence electrons. The summed E-state index contributed by atoms with van der Waals surface area (Å²) in [5, 5.41) is 7.87. The zero-order valence-corrected chi connectivity index (χ0v) is 10.1. The lowest BCUT2D eigenvalue weighted by molar-refractivity contribution is 0.0967. The summed E-state index contributed by atoms with van der Waals surface area (Å²) in [7, 11) is 0. The molecule has 0 unspecified atom stereocenters. The zero-order chi connectivity index (χ0) is 12.7. The number of aromatic nitrogens is 3. The van der Waals surface area contributed by atoms with E-state index in [4.69, 9.17) is 11.6 Å². The van der Waals surface area contributed by atoms with Crippen LogP contribution in [-0.4, -0.2) is 20.8 Å². The van der Waals surface area contributed by atoms with Crippen LogP contribution in [0.1, 0.15) is 29.0 Å². The highest BCUT2D eigenvalue weighted by molar-refractivity contribution is 6.30. The van der Waals surface area contributed by atoms with Crippen LogP contribution in [0.5, 0.6) is 0 Å². The molecule has 4 nitrogen and oxygen atoms in total. The third-order valence-electron chi connectivity index (χ3n) is 2.99. The molecule has 1 aliphatic carbocycles. The van der Waals surface area contributed by atoms with E-state index in [0.29, 0.717) is 17.8 Å². The maximum atomic E-state index is 13.1. The van der Waals surface area contributed by atoms with Gasteiger partial charge in [0.05, 0.1) is 16.4 Å². The third-order valence-corrected chi connectivity index (χ3v) is 3.28. The average molecular weight is 266 g/mol. The molecule has 0 N–H and O–H groups in total. The number of halogens is 2. The summed E-state index contributed by atoms with van der Waals surface area (Å²) in [6, 6.07) is 4.32. The van der Waals surface area contributed by atoms with Gasteiger partial charge in [0.25, 0.3) is 0 Å². The summed E-state index contributed by atoms with van der Waals surface area (Å²) in [6.07, 6.45) is 2.03. The largest absolute Gasteiger partial charge is 0.292 e. The first-order chi connectivity index (χ1) is 8.66. The van der Waals surface area contributed by atoms with Crippen molar-refractivity contribution in [3.8, 4) is 5.69 Å². The Morgan fingerprint density at radius 3 is 2.94 bits per heavy atom. The Balaban J connectivity index is 2.12. The fourth-order valence-corrected chi connectivity index (χ4v) is 2.28. The number of carbonyl (C=O) groups excluding carboxylic acids is 1. The SMILES string of the molecule is O=C1CCCc2c1nnn2-c1ccc(F)c(Cl)c1. The predicted molar refractivity (Wildman–Crippen MR) is 63.6 cm³/mol. The van der Waals surface area contributed by atoms with E-state index in [1.165, 1.54) is 12.1 Å². The van der Waals surface area contributed by atoms with Gasteiger partial charge in [-0.15, -0.1) is 5.10 Å². The van der Waals surface area contributed by atoms with Crippen molar-refractivity contribution in [1.29, 1.82) is 0 Å². The van der Waals surface area contributed by atoms with E-state index in [1.807, 2.05) is 0 Å². The van der Waals surface area contributed by atoms with Crippen LogP contribution >= 0.6 is 11.6 Å². The summed E-state index contributed by atoms with van der Waals surface area (Å²) in [6.45, 7) is 0. The molecule has 0 saturated heterocycles. The highest BCUT2D eigenvalue weighted by atomic mass is 35.5. The molecule has 1 aromatic carbocycles. The standard InChI is InChI=1S/C12H9ClFN3O/c13-8-6-7(4-5-9(8)14)17-10-2-1-3-11(18)12(10)15-16-17/h4-6H,1-3H2. The van der Waals surface area contributed by atoms with E-state index >= 15 is 0 Å². The van der Waals surface area contributed by atoms with Crippen LogP contribution in [0.15, 0.2) is 18.2 Å². The molecule has 0 fully saturated rings. The topological polar surface area (TPSA) is 47.8 Å².